The van der Waals surface area contributed by atoms with Crippen LogP contribution in [0.3, 0.4) is 0 Å². The van der Waals surface area contributed by atoms with Crippen molar-refractivity contribution in [3.05, 3.63) is 35.9 Å². The molecular weight excluding hydrogens is 463 g/mol. The summed E-state index contributed by atoms with van der Waals surface area (Å²) >= 11 is 0. The number of nitrogens with zero attached hydrogens (tertiary/aromatic N) is 2. The van der Waals surface area contributed by atoms with Crippen molar-refractivity contribution in [3.63, 3.8) is 0 Å². The van der Waals surface area contributed by atoms with E-state index in [9.17, 15) is 0 Å². The lowest BCUT2D eigenvalue weighted by Gasteiger charge is -2.38. The van der Waals surface area contributed by atoms with Gasteiger partial charge in [-0.2, -0.15) is 0 Å². The third-order valence-corrected chi connectivity index (χ3v) is 5.51. The fourth-order valence-electron chi connectivity index (χ4n) is 3.73. The predicted octanol–water partition coefficient (Wildman–Crippen LogP) is 3.88. The first kappa shape index (κ1) is 25.2. The Kier molecular flexibility index (Phi) is 10.8. The van der Waals surface area contributed by atoms with Crippen molar-refractivity contribution < 1.29 is 4.74 Å². The molecule has 5 nitrogen and oxygen atoms in total. The largest absolute Gasteiger partial charge is 0.379 e. The highest BCUT2D eigenvalue weighted by Crippen LogP contribution is 2.21. The van der Waals surface area contributed by atoms with Crippen LogP contribution in [0.5, 0.6) is 0 Å². The van der Waals surface area contributed by atoms with Crippen LogP contribution in [0.4, 0.5) is 0 Å². The second-order valence-electron chi connectivity index (χ2n) is 8.71. The maximum atomic E-state index is 5.64. The average Bonchev–Trinajstić information content (AvgIpc) is 2.63. The molecule has 28 heavy (non-hydrogen) atoms. The molecule has 0 spiro atoms. The van der Waals surface area contributed by atoms with Crippen LogP contribution in [-0.4, -0.2) is 56.3 Å². The van der Waals surface area contributed by atoms with Gasteiger partial charge in [-0.15, -0.1) is 24.0 Å². The molecule has 3 unspecified atom stereocenters. The van der Waals surface area contributed by atoms with Gasteiger partial charge in [0.1, 0.15) is 0 Å². The van der Waals surface area contributed by atoms with Gasteiger partial charge in [0.2, 0.25) is 0 Å². The predicted molar refractivity (Wildman–Crippen MR) is 130 cm³/mol. The van der Waals surface area contributed by atoms with Gasteiger partial charge in [0.25, 0.3) is 0 Å². The zero-order valence-electron chi connectivity index (χ0n) is 18.4. The number of guanidine groups is 1. The quantitative estimate of drug-likeness (QED) is 0.352. The van der Waals surface area contributed by atoms with Crippen LogP contribution in [0.25, 0.3) is 0 Å². The third-order valence-electron chi connectivity index (χ3n) is 5.51. The summed E-state index contributed by atoms with van der Waals surface area (Å²) in [4.78, 5) is 6.98. The van der Waals surface area contributed by atoms with Gasteiger partial charge < -0.3 is 15.4 Å². The Balaban J connectivity index is 0.00000392. The summed E-state index contributed by atoms with van der Waals surface area (Å²) in [6.45, 7) is 11.8. The van der Waals surface area contributed by atoms with Crippen molar-refractivity contribution in [1.29, 1.82) is 0 Å². The molecule has 6 heteroatoms. The average molecular weight is 502 g/mol. The molecule has 0 aromatic heterocycles. The number of aliphatic imine (C=N–C) groups is 1. The minimum Gasteiger partial charge on any atom is -0.379 e. The molecule has 1 aliphatic rings. The highest BCUT2D eigenvalue weighted by molar-refractivity contribution is 14.0. The zero-order chi connectivity index (χ0) is 19.9. The third kappa shape index (κ3) is 7.87. The lowest BCUT2D eigenvalue weighted by molar-refractivity contribution is 0.0204. The molecule has 0 radical (unpaired) electrons. The highest BCUT2D eigenvalue weighted by Gasteiger charge is 2.27. The van der Waals surface area contributed by atoms with E-state index in [0.717, 1.165) is 38.4 Å². The number of halogens is 1. The number of piperidine rings is 1. The van der Waals surface area contributed by atoms with Gasteiger partial charge in [-0.3, -0.25) is 9.89 Å². The van der Waals surface area contributed by atoms with E-state index in [4.69, 9.17) is 4.74 Å². The Morgan fingerprint density at radius 3 is 2.50 bits per heavy atom. The zero-order valence-corrected chi connectivity index (χ0v) is 20.7. The van der Waals surface area contributed by atoms with E-state index in [1.54, 1.807) is 7.11 Å². The van der Waals surface area contributed by atoms with Crippen LogP contribution in [0.1, 0.15) is 46.1 Å². The fourth-order valence-corrected chi connectivity index (χ4v) is 3.73. The van der Waals surface area contributed by atoms with Gasteiger partial charge in [-0.25, -0.2) is 0 Å². The van der Waals surface area contributed by atoms with Crippen LogP contribution < -0.4 is 10.6 Å². The van der Waals surface area contributed by atoms with E-state index in [1.807, 2.05) is 7.05 Å². The second kappa shape index (κ2) is 12.0. The molecule has 0 amide bonds. The summed E-state index contributed by atoms with van der Waals surface area (Å²) in [5.74, 6) is 0.870. The molecule has 1 aromatic carbocycles. The van der Waals surface area contributed by atoms with Crippen LogP contribution in [0, 0.1) is 5.41 Å². The summed E-state index contributed by atoms with van der Waals surface area (Å²) in [5.41, 5.74) is 1.48. The summed E-state index contributed by atoms with van der Waals surface area (Å²) in [5, 5.41) is 7.05. The van der Waals surface area contributed by atoms with Crippen molar-refractivity contribution in [2.45, 2.75) is 65.3 Å². The number of nitrogens with one attached hydrogen (secondary N) is 2. The summed E-state index contributed by atoms with van der Waals surface area (Å²) in [7, 11) is 3.61. The lowest BCUT2D eigenvalue weighted by Crippen LogP contribution is -2.52. The Hall–Kier alpha value is -0.860. The molecule has 1 heterocycles. The molecule has 0 bridgehead atoms. The standard InChI is InChI=1S/C22H38N4O.HI/c1-17-14-19(12-13-26(17)16-18-10-8-7-9-11-18)25-21(23-5)24-15-20(27-6)22(2,3)4;/h7-11,17,19-20H,12-16H2,1-6H3,(H2,23,24,25);1H. The summed E-state index contributed by atoms with van der Waals surface area (Å²) < 4.78 is 5.64. The van der Waals surface area contributed by atoms with Gasteiger partial charge >= 0.3 is 0 Å². The van der Waals surface area contributed by atoms with E-state index >= 15 is 0 Å². The molecule has 0 saturated carbocycles. The molecule has 1 fully saturated rings. The number of likely N-dealkylation sites (tertiary alicyclic amines) is 1. The molecule has 3 atom stereocenters. The first-order valence-electron chi connectivity index (χ1n) is 10.1. The number of hydrogen-bond acceptors (Lipinski definition) is 3. The number of methoxy groups -OCH3 is 1. The molecule has 1 saturated heterocycles. The Labute approximate surface area is 188 Å². The van der Waals surface area contributed by atoms with Crippen LogP contribution in [0.2, 0.25) is 0 Å². The monoisotopic (exact) mass is 502 g/mol. The van der Waals surface area contributed by atoms with E-state index in [0.29, 0.717) is 12.1 Å². The number of hydrogen-bond donors (Lipinski definition) is 2. The molecule has 160 valence electrons. The maximum Gasteiger partial charge on any atom is 0.191 e. The van der Waals surface area contributed by atoms with Gasteiger partial charge in [0, 0.05) is 45.9 Å². The topological polar surface area (TPSA) is 48.9 Å². The first-order valence-corrected chi connectivity index (χ1v) is 10.1. The van der Waals surface area contributed by atoms with Crippen molar-refractivity contribution in [1.82, 2.24) is 15.5 Å². The van der Waals surface area contributed by atoms with Gasteiger partial charge in [-0.05, 0) is 30.7 Å². The molecule has 1 aliphatic heterocycles. The van der Waals surface area contributed by atoms with E-state index in [1.165, 1.54) is 5.56 Å². The summed E-state index contributed by atoms with van der Waals surface area (Å²) in [6, 6.07) is 11.7. The van der Waals surface area contributed by atoms with Crippen molar-refractivity contribution >= 4 is 29.9 Å². The van der Waals surface area contributed by atoms with Crippen molar-refractivity contribution in [3.8, 4) is 0 Å². The Morgan fingerprint density at radius 2 is 1.96 bits per heavy atom. The maximum absolute atomic E-state index is 5.64. The minimum atomic E-state index is 0. The normalized spacial score (nSPS) is 22.3. The molecule has 2 N–H and O–H groups in total. The number of rotatable bonds is 6. The van der Waals surface area contributed by atoms with Crippen LogP contribution in [0.15, 0.2) is 35.3 Å². The smallest absolute Gasteiger partial charge is 0.191 e. The SMILES string of the molecule is CN=C(NCC(OC)C(C)(C)C)NC1CCN(Cc2ccccc2)C(C)C1.I. The molecule has 1 aromatic rings. The number of benzene rings is 1. The van der Waals surface area contributed by atoms with Gasteiger partial charge in [-0.1, -0.05) is 51.1 Å². The lowest BCUT2D eigenvalue weighted by atomic mass is 9.89. The van der Waals surface area contributed by atoms with E-state index in [2.05, 4.69) is 78.6 Å². The Bertz CT molecular complexity index is 588. The van der Waals surface area contributed by atoms with Crippen molar-refractivity contribution in [2.75, 3.05) is 27.2 Å². The minimum absolute atomic E-state index is 0. The van der Waals surface area contributed by atoms with Crippen molar-refractivity contribution in [2.24, 2.45) is 10.4 Å². The van der Waals surface area contributed by atoms with E-state index < -0.39 is 0 Å². The number of ether oxygens (including phenoxy) is 1. The van der Waals surface area contributed by atoms with Crippen LogP contribution in [-0.2, 0) is 11.3 Å². The Morgan fingerprint density at radius 1 is 1.29 bits per heavy atom. The molecule has 0 aliphatic carbocycles. The van der Waals surface area contributed by atoms with Crippen LogP contribution >= 0.6 is 24.0 Å². The van der Waals surface area contributed by atoms with Gasteiger partial charge in [0.15, 0.2) is 5.96 Å². The fraction of sp³-hybridized carbons (Fsp3) is 0.682. The highest BCUT2D eigenvalue weighted by atomic mass is 127. The summed E-state index contributed by atoms with van der Waals surface area (Å²) in [6.07, 6.45) is 2.40. The molecule has 2 rings (SSSR count). The van der Waals surface area contributed by atoms with Gasteiger partial charge in [0.05, 0.1) is 6.10 Å². The second-order valence-corrected chi connectivity index (χ2v) is 8.71. The molecular formula is C22H39IN4O. The first-order chi connectivity index (χ1) is 12.8. The van der Waals surface area contributed by atoms with E-state index in [-0.39, 0.29) is 35.5 Å².